The number of alkyl halides is 1. The van der Waals surface area contributed by atoms with Gasteiger partial charge in [0.1, 0.15) is 0 Å². The van der Waals surface area contributed by atoms with Crippen LogP contribution in [0.5, 0.6) is 0 Å². The van der Waals surface area contributed by atoms with Gasteiger partial charge in [0, 0.05) is 18.1 Å². The summed E-state index contributed by atoms with van der Waals surface area (Å²) in [6.45, 7) is 0.630. The lowest BCUT2D eigenvalue weighted by atomic mass is 10.1. The first kappa shape index (κ1) is 19.9. The Labute approximate surface area is 163 Å². The van der Waals surface area contributed by atoms with Crippen molar-refractivity contribution in [1.82, 2.24) is 19.7 Å². The predicted molar refractivity (Wildman–Crippen MR) is 106 cm³/mol. The lowest BCUT2D eigenvalue weighted by molar-refractivity contribution is 0.0697. The number of aromatic nitrogens is 4. The van der Waals surface area contributed by atoms with Crippen molar-refractivity contribution in [2.45, 2.75) is 51.5 Å². The molecular formula is C21H25FN4O2. The minimum absolute atomic E-state index is 0.187. The average Bonchev–Trinajstić information content (AvgIpc) is 3.12. The number of unbranched alkanes of at least 4 members (excludes halogenated alkanes) is 6. The second-order valence-corrected chi connectivity index (χ2v) is 6.89. The van der Waals surface area contributed by atoms with Gasteiger partial charge in [-0.2, -0.15) is 5.10 Å². The molecule has 0 aromatic carbocycles. The van der Waals surface area contributed by atoms with Gasteiger partial charge < -0.3 is 5.11 Å². The van der Waals surface area contributed by atoms with Crippen molar-refractivity contribution in [2.24, 2.45) is 0 Å². The van der Waals surface area contributed by atoms with E-state index in [0.717, 1.165) is 49.6 Å². The van der Waals surface area contributed by atoms with Crippen LogP contribution < -0.4 is 0 Å². The number of fused-ring (bicyclic) bond motifs is 1. The summed E-state index contributed by atoms with van der Waals surface area (Å²) in [6, 6.07) is 4.87. The summed E-state index contributed by atoms with van der Waals surface area (Å²) in [4.78, 5) is 19.8. The van der Waals surface area contributed by atoms with Crippen LogP contribution in [0.25, 0.3) is 22.3 Å². The third-order valence-corrected chi connectivity index (χ3v) is 4.80. The molecule has 7 heteroatoms. The molecule has 1 N–H and O–H groups in total. The van der Waals surface area contributed by atoms with E-state index >= 15 is 0 Å². The second kappa shape index (κ2) is 9.92. The Balaban J connectivity index is 1.58. The molecule has 0 saturated heterocycles. The van der Waals surface area contributed by atoms with E-state index in [1.165, 1.54) is 24.8 Å². The first-order valence-corrected chi connectivity index (χ1v) is 9.76. The topological polar surface area (TPSA) is 80.9 Å². The number of hydrogen-bond donors (Lipinski definition) is 1. The van der Waals surface area contributed by atoms with Gasteiger partial charge in [-0.1, -0.05) is 32.1 Å². The van der Waals surface area contributed by atoms with Gasteiger partial charge in [0.05, 0.1) is 41.5 Å². The molecule has 0 fully saturated rings. The van der Waals surface area contributed by atoms with E-state index in [2.05, 4.69) is 15.1 Å². The highest BCUT2D eigenvalue weighted by Crippen LogP contribution is 2.21. The standard InChI is InChI=1S/C21H25FN4O2/c22-9-6-4-2-1-3-5-7-11-26-20-15-24-19(13-17(20)14-25-26)18-12-16(21(27)28)8-10-23-18/h8,10,12-15H,1-7,9,11H2,(H,27,28). The molecule has 0 unspecified atom stereocenters. The molecule has 148 valence electrons. The fraction of sp³-hybridized carbons (Fsp3) is 0.429. The van der Waals surface area contributed by atoms with Gasteiger partial charge >= 0.3 is 5.97 Å². The smallest absolute Gasteiger partial charge is 0.335 e. The van der Waals surface area contributed by atoms with E-state index in [9.17, 15) is 9.18 Å². The van der Waals surface area contributed by atoms with E-state index in [1.807, 2.05) is 10.7 Å². The number of halogens is 1. The van der Waals surface area contributed by atoms with Crippen LogP contribution in [0.3, 0.4) is 0 Å². The maximum Gasteiger partial charge on any atom is 0.335 e. The van der Waals surface area contributed by atoms with Gasteiger partial charge in [0.2, 0.25) is 0 Å². The van der Waals surface area contributed by atoms with Crippen molar-refractivity contribution < 1.29 is 14.3 Å². The molecule has 28 heavy (non-hydrogen) atoms. The highest BCUT2D eigenvalue weighted by Gasteiger charge is 2.10. The van der Waals surface area contributed by atoms with E-state index in [0.29, 0.717) is 17.8 Å². The van der Waals surface area contributed by atoms with Crippen molar-refractivity contribution in [3.05, 3.63) is 42.4 Å². The third kappa shape index (κ3) is 5.12. The number of aryl methyl sites for hydroxylation is 1. The molecule has 0 aliphatic carbocycles. The quantitative estimate of drug-likeness (QED) is 0.476. The summed E-state index contributed by atoms with van der Waals surface area (Å²) < 4.78 is 14.0. The summed E-state index contributed by atoms with van der Waals surface area (Å²) in [5, 5.41) is 14.5. The van der Waals surface area contributed by atoms with Crippen LogP contribution in [0.1, 0.15) is 55.3 Å². The number of aromatic carboxylic acids is 1. The zero-order valence-electron chi connectivity index (χ0n) is 15.9. The summed E-state index contributed by atoms with van der Waals surface area (Å²) >= 11 is 0. The molecule has 3 rings (SSSR count). The van der Waals surface area contributed by atoms with Crippen LogP contribution in [0.4, 0.5) is 4.39 Å². The first-order valence-electron chi connectivity index (χ1n) is 9.76. The molecule has 0 saturated carbocycles. The molecule has 0 spiro atoms. The van der Waals surface area contributed by atoms with Crippen LogP contribution in [0.2, 0.25) is 0 Å². The van der Waals surface area contributed by atoms with Crippen molar-refractivity contribution in [1.29, 1.82) is 0 Å². The van der Waals surface area contributed by atoms with Crippen LogP contribution in [-0.2, 0) is 6.54 Å². The number of nitrogens with zero attached hydrogens (tertiary/aromatic N) is 4. The van der Waals surface area contributed by atoms with Crippen LogP contribution in [0.15, 0.2) is 36.8 Å². The molecule has 0 atom stereocenters. The normalized spacial score (nSPS) is 11.2. The Hall–Kier alpha value is -2.83. The van der Waals surface area contributed by atoms with Gasteiger partial charge in [0.25, 0.3) is 0 Å². The molecule has 0 bridgehead atoms. The van der Waals surface area contributed by atoms with E-state index in [-0.39, 0.29) is 12.2 Å². The Morgan fingerprint density at radius 2 is 1.68 bits per heavy atom. The van der Waals surface area contributed by atoms with E-state index < -0.39 is 5.97 Å². The number of pyridine rings is 2. The highest BCUT2D eigenvalue weighted by molar-refractivity contribution is 5.89. The molecule has 0 aliphatic rings. The molecule has 6 nitrogen and oxygen atoms in total. The van der Waals surface area contributed by atoms with Gasteiger partial charge in [0.15, 0.2) is 0 Å². The summed E-state index contributed by atoms with van der Waals surface area (Å²) in [5.41, 5.74) is 2.30. The van der Waals surface area contributed by atoms with Crippen LogP contribution in [-0.4, -0.2) is 37.5 Å². The molecule has 3 aromatic heterocycles. The Kier molecular flexibility index (Phi) is 7.06. The van der Waals surface area contributed by atoms with Crippen LogP contribution >= 0.6 is 0 Å². The average molecular weight is 384 g/mol. The van der Waals surface area contributed by atoms with Crippen molar-refractivity contribution in [3.8, 4) is 11.4 Å². The number of carboxylic acid groups (broad SMARTS) is 1. The molecule has 0 aliphatic heterocycles. The van der Waals surface area contributed by atoms with E-state index in [4.69, 9.17) is 5.11 Å². The molecule has 0 radical (unpaired) electrons. The number of rotatable bonds is 11. The fourth-order valence-electron chi connectivity index (χ4n) is 3.24. The van der Waals surface area contributed by atoms with E-state index in [1.54, 1.807) is 12.4 Å². The van der Waals surface area contributed by atoms with Crippen molar-refractivity contribution >= 4 is 16.9 Å². The van der Waals surface area contributed by atoms with Gasteiger partial charge in [-0.15, -0.1) is 0 Å². The maximum absolute atomic E-state index is 12.0. The Morgan fingerprint density at radius 1 is 0.964 bits per heavy atom. The highest BCUT2D eigenvalue weighted by atomic mass is 19.1. The zero-order chi connectivity index (χ0) is 19.8. The van der Waals surface area contributed by atoms with Crippen molar-refractivity contribution in [3.63, 3.8) is 0 Å². The predicted octanol–water partition coefficient (Wildman–Crippen LogP) is 4.89. The minimum atomic E-state index is -0.986. The second-order valence-electron chi connectivity index (χ2n) is 6.89. The molecular weight excluding hydrogens is 359 g/mol. The minimum Gasteiger partial charge on any atom is -0.478 e. The zero-order valence-corrected chi connectivity index (χ0v) is 15.9. The third-order valence-electron chi connectivity index (χ3n) is 4.80. The monoisotopic (exact) mass is 384 g/mol. The Morgan fingerprint density at radius 3 is 2.43 bits per heavy atom. The van der Waals surface area contributed by atoms with Crippen LogP contribution in [0, 0.1) is 0 Å². The summed E-state index contributed by atoms with van der Waals surface area (Å²) in [7, 11) is 0. The number of carbonyl (C=O) groups is 1. The lowest BCUT2D eigenvalue weighted by Crippen LogP contribution is -2.00. The van der Waals surface area contributed by atoms with Gasteiger partial charge in [-0.25, -0.2) is 4.79 Å². The number of hydrogen-bond acceptors (Lipinski definition) is 4. The number of carboxylic acids is 1. The van der Waals surface area contributed by atoms with Crippen molar-refractivity contribution in [2.75, 3.05) is 6.67 Å². The Bertz CT molecular complexity index is 926. The summed E-state index contributed by atoms with van der Waals surface area (Å²) in [5.74, 6) is -0.986. The first-order chi connectivity index (χ1) is 13.7. The molecule has 3 aromatic rings. The fourth-order valence-corrected chi connectivity index (χ4v) is 3.24. The SMILES string of the molecule is O=C(O)c1ccnc(-c2cc3cnn(CCCCCCCCCF)c3cn2)c1. The largest absolute Gasteiger partial charge is 0.478 e. The molecule has 3 heterocycles. The summed E-state index contributed by atoms with van der Waals surface area (Å²) in [6.07, 6.45) is 12.3. The van der Waals surface area contributed by atoms with Gasteiger partial charge in [-0.3, -0.25) is 19.0 Å². The van der Waals surface area contributed by atoms with Gasteiger partial charge in [-0.05, 0) is 31.0 Å². The molecule has 0 amide bonds. The maximum atomic E-state index is 12.0. The lowest BCUT2D eigenvalue weighted by Gasteiger charge is -2.05.